The Morgan fingerprint density at radius 3 is 2.52 bits per heavy atom. The van der Waals surface area contributed by atoms with Gasteiger partial charge < -0.3 is 15.3 Å². The number of hydrogen-bond donors (Lipinski definition) is 2. The maximum atomic E-state index is 11.7. The van der Waals surface area contributed by atoms with E-state index in [0.717, 1.165) is 29.7 Å². The zero-order valence-electron chi connectivity index (χ0n) is 13.3. The number of hydrogen-bond acceptors (Lipinski definition) is 3. The molecule has 0 saturated heterocycles. The normalized spacial score (nSPS) is 13.6. The van der Waals surface area contributed by atoms with E-state index in [4.69, 9.17) is 0 Å². The highest BCUT2D eigenvalue weighted by molar-refractivity contribution is 5.74. The lowest BCUT2D eigenvalue weighted by molar-refractivity contribution is -0.130. The summed E-state index contributed by atoms with van der Waals surface area (Å²) < 4.78 is 0. The first-order valence-corrected chi connectivity index (χ1v) is 8.00. The molecular weight excluding hydrogens is 288 g/mol. The average molecular weight is 310 g/mol. The molecule has 1 aliphatic carbocycles. The summed E-state index contributed by atoms with van der Waals surface area (Å²) in [6.07, 6.45) is 2.26. The Morgan fingerprint density at radius 2 is 1.91 bits per heavy atom. The Bertz CT molecular complexity index is 678. The Kier molecular flexibility index (Phi) is 4.51. The minimum absolute atomic E-state index is 0.151. The van der Waals surface area contributed by atoms with Crippen LogP contribution in [0.3, 0.4) is 0 Å². The van der Waals surface area contributed by atoms with E-state index < -0.39 is 0 Å². The maximum Gasteiger partial charge on any atom is 0.219 e. The van der Waals surface area contributed by atoms with Crippen LogP contribution < -0.4 is 5.32 Å². The molecule has 2 N–H and O–H groups in total. The van der Waals surface area contributed by atoms with Crippen LogP contribution in [0.4, 0.5) is 5.69 Å². The molecule has 0 unspecified atom stereocenters. The smallest absolute Gasteiger partial charge is 0.219 e. The van der Waals surface area contributed by atoms with Crippen LogP contribution in [0.15, 0.2) is 48.5 Å². The van der Waals surface area contributed by atoms with Crippen LogP contribution in [0.25, 0.3) is 0 Å². The lowest BCUT2D eigenvalue weighted by Crippen LogP contribution is -2.30. The number of aromatic hydroxyl groups is 1. The molecule has 1 saturated carbocycles. The van der Waals surface area contributed by atoms with Gasteiger partial charge in [-0.25, -0.2) is 0 Å². The van der Waals surface area contributed by atoms with Gasteiger partial charge in [-0.3, -0.25) is 4.79 Å². The largest absolute Gasteiger partial charge is 0.508 e. The number of carbonyl (C=O) groups excluding carboxylic acids is 1. The van der Waals surface area contributed by atoms with Crippen LogP contribution in [0.2, 0.25) is 0 Å². The van der Waals surface area contributed by atoms with Gasteiger partial charge in [-0.15, -0.1) is 0 Å². The van der Waals surface area contributed by atoms with Crippen LogP contribution >= 0.6 is 0 Å². The van der Waals surface area contributed by atoms with Gasteiger partial charge in [-0.05, 0) is 48.2 Å². The summed E-state index contributed by atoms with van der Waals surface area (Å²) >= 11 is 0. The molecule has 1 aliphatic rings. The average Bonchev–Trinajstić information content (AvgIpc) is 3.36. The number of phenolic OH excluding ortho intramolecular Hbond substituents is 1. The molecule has 23 heavy (non-hydrogen) atoms. The van der Waals surface area contributed by atoms with Crippen molar-refractivity contribution >= 4 is 11.6 Å². The first-order chi connectivity index (χ1) is 11.1. The van der Waals surface area contributed by atoms with Gasteiger partial charge >= 0.3 is 0 Å². The summed E-state index contributed by atoms with van der Waals surface area (Å²) in [5, 5.41) is 12.8. The Balaban J connectivity index is 1.57. The lowest BCUT2D eigenvalue weighted by Gasteiger charge is -2.20. The van der Waals surface area contributed by atoms with Crippen molar-refractivity contribution in [3.8, 4) is 5.75 Å². The molecule has 1 amide bonds. The number of nitrogens with one attached hydrogen (secondary N) is 1. The quantitative estimate of drug-likeness (QED) is 0.858. The minimum Gasteiger partial charge on any atom is -0.508 e. The number of phenols is 1. The van der Waals surface area contributed by atoms with Crippen molar-refractivity contribution in [3.63, 3.8) is 0 Å². The fourth-order valence-electron chi connectivity index (χ4n) is 2.68. The number of anilines is 1. The molecule has 0 aromatic heterocycles. The zero-order valence-corrected chi connectivity index (χ0v) is 13.3. The summed E-state index contributed by atoms with van der Waals surface area (Å²) in [5.74, 6) is 0.433. The molecule has 0 radical (unpaired) electrons. The van der Waals surface area contributed by atoms with E-state index in [0.29, 0.717) is 19.1 Å². The fourth-order valence-corrected chi connectivity index (χ4v) is 2.68. The molecule has 1 fully saturated rings. The Morgan fingerprint density at radius 1 is 1.17 bits per heavy atom. The van der Waals surface area contributed by atoms with Gasteiger partial charge in [-0.1, -0.05) is 24.3 Å². The number of carbonyl (C=O) groups is 1. The van der Waals surface area contributed by atoms with Crippen molar-refractivity contribution < 1.29 is 9.90 Å². The monoisotopic (exact) mass is 310 g/mol. The second-order valence-corrected chi connectivity index (χ2v) is 6.10. The molecule has 2 aromatic carbocycles. The summed E-state index contributed by atoms with van der Waals surface area (Å²) in [6.45, 7) is 2.99. The summed E-state index contributed by atoms with van der Waals surface area (Å²) in [5.41, 5.74) is 3.21. The van der Waals surface area contributed by atoms with Crippen molar-refractivity contribution in [2.75, 3.05) is 5.32 Å². The van der Waals surface area contributed by atoms with Crippen molar-refractivity contribution in [2.45, 2.75) is 38.9 Å². The van der Waals surface area contributed by atoms with Gasteiger partial charge in [0.05, 0.1) is 0 Å². The van der Waals surface area contributed by atoms with Gasteiger partial charge in [0.15, 0.2) is 0 Å². The molecule has 0 atom stereocenters. The summed E-state index contributed by atoms with van der Waals surface area (Å²) in [7, 11) is 0. The van der Waals surface area contributed by atoms with Gasteiger partial charge in [0.25, 0.3) is 0 Å². The van der Waals surface area contributed by atoms with Crippen molar-refractivity contribution in [3.05, 3.63) is 59.7 Å². The topological polar surface area (TPSA) is 52.6 Å². The zero-order chi connectivity index (χ0) is 16.2. The van der Waals surface area contributed by atoms with E-state index >= 15 is 0 Å². The van der Waals surface area contributed by atoms with Crippen molar-refractivity contribution in [1.29, 1.82) is 0 Å². The molecule has 3 rings (SSSR count). The third-order valence-electron chi connectivity index (χ3n) is 4.11. The SMILES string of the molecule is CC(=O)N(Cc1ccc(NCc2cccc(O)c2)cc1)C1CC1. The highest BCUT2D eigenvalue weighted by Crippen LogP contribution is 2.28. The van der Waals surface area contributed by atoms with Crippen molar-refractivity contribution in [1.82, 2.24) is 4.90 Å². The minimum atomic E-state index is 0.151. The van der Waals surface area contributed by atoms with Gasteiger partial charge in [0.1, 0.15) is 5.75 Å². The lowest BCUT2D eigenvalue weighted by atomic mass is 10.1. The summed E-state index contributed by atoms with van der Waals surface area (Å²) in [6, 6.07) is 15.8. The molecule has 0 spiro atoms. The standard InChI is InChI=1S/C19H22N2O2/c1-14(22)21(18-9-10-18)13-15-5-7-17(8-6-15)20-12-16-3-2-4-19(23)11-16/h2-8,11,18,20,23H,9-10,12-13H2,1H3. The highest BCUT2D eigenvalue weighted by Gasteiger charge is 2.30. The van der Waals surface area contributed by atoms with Crippen LogP contribution in [0.1, 0.15) is 30.9 Å². The molecule has 4 nitrogen and oxygen atoms in total. The van der Waals surface area contributed by atoms with Crippen LogP contribution in [-0.4, -0.2) is 22.0 Å². The molecule has 0 heterocycles. The van der Waals surface area contributed by atoms with E-state index in [9.17, 15) is 9.90 Å². The number of amides is 1. The first kappa shape index (κ1) is 15.4. The maximum absolute atomic E-state index is 11.7. The van der Waals surface area contributed by atoms with E-state index in [1.165, 1.54) is 0 Å². The van der Waals surface area contributed by atoms with Gasteiger partial charge in [0.2, 0.25) is 5.91 Å². The molecule has 4 heteroatoms. The van der Waals surface area contributed by atoms with E-state index in [-0.39, 0.29) is 11.7 Å². The fraction of sp³-hybridized carbons (Fsp3) is 0.316. The molecule has 0 aliphatic heterocycles. The van der Waals surface area contributed by atoms with Crippen LogP contribution in [-0.2, 0) is 17.9 Å². The van der Waals surface area contributed by atoms with Crippen LogP contribution in [0.5, 0.6) is 5.75 Å². The summed E-state index contributed by atoms with van der Waals surface area (Å²) in [4.78, 5) is 13.6. The Hall–Kier alpha value is -2.49. The second kappa shape index (κ2) is 6.73. The first-order valence-electron chi connectivity index (χ1n) is 8.00. The predicted octanol–water partition coefficient (Wildman–Crippen LogP) is 3.52. The van der Waals surface area contributed by atoms with E-state index in [1.807, 2.05) is 29.2 Å². The molecule has 120 valence electrons. The molecular formula is C19H22N2O2. The predicted molar refractivity (Wildman–Crippen MR) is 91.1 cm³/mol. The second-order valence-electron chi connectivity index (χ2n) is 6.10. The third-order valence-corrected chi connectivity index (χ3v) is 4.11. The number of rotatable bonds is 6. The number of benzene rings is 2. The highest BCUT2D eigenvalue weighted by atomic mass is 16.3. The third kappa shape index (κ3) is 4.25. The molecule has 0 bridgehead atoms. The van der Waals surface area contributed by atoms with E-state index in [2.05, 4.69) is 17.4 Å². The molecule has 2 aromatic rings. The van der Waals surface area contributed by atoms with Gasteiger partial charge in [-0.2, -0.15) is 0 Å². The van der Waals surface area contributed by atoms with E-state index in [1.54, 1.807) is 19.1 Å². The van der Waals surface area contributed by atoms with Crippen molar-refractivity contribution in [2.24, 2.45) is 0 Å². The number of nitrogens with zero attached hydrogens (tertiary/aromatic N) is 1. The van der Waals surface area contributed by atoms with Gasteiger partial charge in [0, 0.05) is 31.7 Å². The Labute approximate surface area is 136 Å². The van der Waals surface area contributed by atoms with Crippen LogP contribution in [0, 0.1) is 0 Å².